The number of hydrogen-bond donors (Lipinski definition) is 3. The number of aliphatic carboxylic acids is 1. The molecule has 0 aromatic heterocycles. The maximum absolute atomic E-state index is 12.0. The first-order chi connectivity index (χ1) is 9.72. The minimum atomic E-state index is -1.00. The van der Waals surface area contributed by atoms with E-state index in [9.17, 15) is 14.4 Å². The van der Waals surface area contributed by atoms with Crippen molar-refractivity contribution in [3.05, 3.63) is 23.8 Å². The van der Waals surface area contributed by atoms with Crippen LogP contribution in [0.5, 0.6) is 0 Å². The predicted molar refractivity (Wildman–Crippen MR) is 80.1 cm³/mol. The van der Waals surface area contributed by atoms with Crippen molar-refractivity contribution in [3.63, 3.8) is 0 Å². The maximum atomic E-state index is 12.0. The van der Waals surface area contributed by atoms with E-state index in [1.54, 1.807) is 25.1 Å². The highest BCUT2D eigenvalue weighted by molar-refractivity contribution is 5.95. The fourth-order valence-corrected chi connectivity index (χ4v) is 1.77. The average Bonchev–Trinajstić information content (AvgIpc) is 2.39. The van der Waals surface area contributed by atoms with E-state index in [-0.39, 0.29) is 11.8 Å². The van der Waals surface area contributed by atoms with Gasteiger partial charge in [-0.05, 0) is 30.7 Å². The van der Waals surface area contributed by atoms with Gasteiger partial charge in [0.1, 0.15) is 0 Å². The van der Waals surface area contributed by atoms with Gasteiger partial charge in [0.25, 0.3) is 0 Å². The highest BCUT2D eigenvalue weighted by Gasteiger charge is 2.25. The number of aryl methyl sites for hydroxylation is 1. The summed E-state index contributed by atoms with van der Waals surface area (Å²) in [5.41, 5.74) is 2.05. The summed E-state index contributed by atoms with van der Waals surface area (Å²) >= 11 is 0. The quantitative estimate of drug-likeness (QED) is 0.775. The number of hydrogen-bond acceptors (Lipinski definition) is 3. The smallest absolute Gasteiger partial charge is 0.307 e. The Bertz CT molecular complexity index is 569. The van der Waals surface area contributed by atoms with Crippen molar-refractivity contribution in [2.24, 2.45) is 11.8 Å². The third-order valence-electron chi connectivity index (χ3n) is 3.36. The van der Waals surface area contributed by atoms with Gasteiger partial charge in [-0.1, -0.05) is 13.8 Å². The Balaban J connectivity index is 2.80. The Morgan fingerprint density at radius 1 is 1.10 bits per heavy atom. The van der Waals surface area contributed by atoms with E-state index >= 15 is 0 Å². The molecule has 0 heterocycles. The van der Waals surface area contributed by atoms with Crippen LogP contribution in [-0.2, 0) is 14.4 Å². The molecule has 0 spiro atoms. The van der Waals surface area contributed by atoms with Crippen LogP contribution < -0.4 is 10.6 Å². The van der Waals surface area contributed by atoms with Gasteiger partial charge in [-0.15, -0.1) is 0 Å². The zero-order valence-corrected chi connectivity index (χ0v) is 12.6. The van der Waals surface area contributed by atoms with E-state index < -0.39 is 17.8 Å². The predicted octanol–water partition coefficient (Wildman–Crippen LogP) is 2.25. The monoisotopic (exact) mass is 292 g/mol. The van der Waals surface area contributed by atoms with E-state index in [1.807, 2.05) is 6.92 Å². The molecule has 0 saturated carbocycles. The van der Waals surface area contributed by atoms with Crippen molar-refractivity contribution >= 4 is 29.2 Å². The van der Waals surface area contributed by atoms with Crippen molar-refractivity contribution < 1.29 is 19.5 Å². The summed E-state index contributed by atoms with van der Waals surface area (Å²) in [6.07, 6.45) is 0. The van der Waals surface area contributed by atoms with Gasteiger partial charge in [0.15, 0.2) is 0 Å². The van der Waals surface area contributed by atoms with Crippen LogP contribution in [0.2, 0.25) is 0 Å². The van der Waals surface area contributed by atoms with Gasteiger partial charge in [0.2, 0.25) is 11.8 Å². The summed E-state index contributed by atoms with van der Waals surface area (Å²) in [6, 6.07) is 5.08. The van der Waals surface area contributed by atoms with E-state index in [2.05, 4.69) is 10.6 Å². The van der Waals surface area contributed by atoms with Gasteiger partial charge in [0, 0.05) is 24.2 Å². The van der Waals surface area contributed by atoms with Crippen molar-refractivity contribution in [1.82, 2.24) is 0 Å². The second-order valence-corrected chi connectivity index (χ2v) is 5.12. The molecule has 1 aromatic rings. The van der Waals surface area contributed by atoms with E-state index in [0.717, 1.165) is 5.56 Å². The lowest BCUT2D eigenvalue weighted by Gasteiger charge is -2.16. The zero-order chi connectivity index (χ0) is 16.2. The third-order valence-corrected chi connectivity index (χ3v) is 3.36. The molecule has 0 radical (unpaired) electrons. The molecule has 2 amide bonds. The first-order valence-corrected chi connectivity index (χ1v) is 6.64. The molecule has 0 aliphatic heterocycles. The van der Waals surface area contributed by atoms with E-state index in [4.69, 9.17) is 5.11 Å². The molecule has 3 N–H and O–H groups in total. The van der Waals surface area contributed by atoms with Gasteiger partial charge in [-0.25, -0.2) is 0 Å². The summed E-state index contributed by atoms with van der Waals surface area (Å²) < 4.78 is 0. The molecule has 0 aliphatic rings. The molecule has 2 unspecified atom stereocenters. The number of nitrogens with one attached hydrogen (secondary N) is 2. The molecule has 0 aliphatic carbocycles. The molecule has 0 bridgehead atoms. The van der Waals surface area contributed by atoms with E-state index in [0.29, 0.717) is 11.4 Å². The summed E-state index contributed by atoms with van der Waals surface area (Å²) in [7, 11) is 0. The number of rotatable bonds is 5. The number of anilines is 2. The number of carbonyl (C=O) groups is 3. The zero-order valence-electron chi connectivity index (χ0n) is 12.6. The summed E-state index contributed by atoms with van der Waals surface area (Å²) in [5, 5.41) is 14.3. The molecular formula is C15H20N2O4. The second kappa shape index (κ2) is 6.88. The minimum Gasteiger partial charge on any atom is -0.481 e. The number of benzene rings is 1. The van der Waals surface area contributed by atoms with Crippen LogP contribution in [0.1, 0.15) is 26.3 Å². The summed E-state index contributed by atoms with van der Waals surface area (Å²) in [6.45, 7) is 6.30. The lowest BCUT2D eigenvalue weighted by atomic mass is 9.95. The topological polar surface area (TPSA) is 95.5 Å². The highest BCUT2D eigenvalue weighted by atomic mass is 16.4. The Labute approximate surface area is 123 Å². The fraction of sp³-hybridized carbons (Fsp3) is 0.400. The maximum Gasteiger partial charge on any atom is 0.307 e. The Morgan fingerprint density at radius 3 is 2.19 bits per heavy atom. The molecule has 21 heavy (non-hydrogen) atoms. The molecule has 0 saturated heterocycles. The van der Waals surface area contributed by atoms with Gasteiger partial charge in [0.05, 0.1) is 5.92 Å². The number of carboxylic acids is 1. The second-order valence-electron chi connectivity index (χ2n) is 5.12. The third kappa shape index (κ3) is 4.59. The number of carbonyl (C=O) groups excluding carboxylic acids is 2. The van der Waals surface area contributed by atoms with Crippen LogP contribution in [0.25, 0.3) is 0 Å². The van der Waals surface area contributed by atoms with Gasteiger partial charge >= 0.3 is 5.97 Å². The van der Waals surface area contributed by atoms with Gasteiger partial charge in [-0.2, -0.15) is 0 Å². The van der Waals surface area contributed by atoms with Crippen LogP contribution in [0.3, 0.4) is 0 Å². The molecule has 6 heteroatoms. The first-order valence-electron chi connectivity index (χ1n) is 6.64. The largest absolute Gasteiger partial charge is 0.481 e. The van der Waals surface area contributed by atoms with Crippen LogP contribution in [0.15, 0.2) is 18.2 Å². The highest BCUT2D eigenvalue weighted by Crippen LogP contribution is 2.21. The first kappa shape index (κ1) is 16.7. The SMILES string of the molecule is CC(=O)Nc1ccc(NC(=O)C(C)C(C)C(=O)O)cc1C. The standard InChI is InChI=1S/C15H20N2O4/c1-8-7-12(5-6-13(8)16-11(4)18)17-14(19)9(2)10(3)15(20)21/h5-7,9-10H,1-4H3,(H,16,18)(H,17,19)(H,20,21). The van der Waals surface area contributed by atoms with Crippen LogP contribution in [-0.4, -0.2) is 22.9 Å². The molecule has 1 rings (SSSR count). The van der Waals surface area contributed by atoms with Crippen LogP contribution in [0, 0.1) is 18.8 Å². The van der Waals surface area contributed by atoms with Gasteiger partial charge in [-0.3, -0.25) is 14.4 Å². The summed E-state index contributed by atoms with van der Waals surface area (Å²) in [5.74, 6) is -2.92. The van der Waals surface area contributed by atoms with Gasteiger partial charge < -0.3 is 15.7 Å². The molecule has 2 atom stereocenters. The molecule has 1 aromatic carbocycles. The minimum absolute atomic E-state index is 0.168. The molecule has 114 valence electrons. The molecule has 6 nitrogen and oxygen atoms in total. The number of amides is 2. The Hall–Kier alpha value is -2.37. The van der Waals surface area contributed by atoms with Crippen LogP contribution in [0.4, 0.5) is 11.4 Å². The van der Waals surface area contributed by atoms with Crippen molar-refractivity contribution in [2.45, 2.75) is 27.7 Å². The fourth-order valence-electron chi connectivity index (χ4n) is 1.77. The molecular weight excluding hydrogens is 272 g/mol. The number of carboxylic acid groups (broad SMARTS) is 1. The van der Waals surface area contributed by atoms with Crippen molar-refractivity contribution in [3.8, 4) is 0 Å². The Morgan fingerprint density at radius 2 is 1.71 bits per heavy atom. The van der Waals surface area contributed by atoms with E-state index in [1.165, 1.54) is 13.8 Å². The lowest BCUT2D eigenvalue weighted by Crippen LogP contribution is -2.30. The molecule has 0 fully saturated rings. The summed E-state index contributed by atoms with van der Waals surface area (Å²) in [4.78, 5) is 33.9. The lowest BCUT2D eigenvalue weighted by molar-refractivity contribution is -0.145. The van der Waals surface area contributed by atoms with Crippen LogP contribution >= 0.6 is 0 Å². The van der Waals surface area contributed by atoms with Crippen molar-refractivity contribution in [2.75, 3.05) is 10.6 Å². The van der Waals surface area contributed by atoms with Crippen molar-refractivity contribution in [1.29, 1.82) is 0 Å². The Kier molecular flexibility index (Phi) is 5.46. The average molecular weight is 292 g/mol. The normalized spacial score (nSPS) is 13.1.